The molecular formula is C12H15N3O3. The highest BCUT2D eigenvalue weighted by Gasteiger charge is 2.29. The van der Waals surface area contributed by atoms with Gasteiger partial charge in [0.2, 0.25) is 5.91 Å². The summed E-state index contributed by atoms with van der Waals surface area (Å²) in [5.41, 5.74) is 7.17. The number of carboxylic acid groups (broad SMARTS) is 1. The van der Waals surface area contributed by atoms with Crippen LogP contribution in [0.25, 0.3) is 0 Å². The first-order valence-corrected chi connectivity index (χ1v) is 5.64. The lowest BCUT2D eigenvalue weighted by atomic mass is 10.1. The van der Waals surface area contributed by atoms with Crippen LogP contribution in [-0.4, -0.2) is 36.6 Å². The lowest BCUT2D eigenvalue weighted by molar-refractivity contribution is -0.117. The number of carbonyl (C=O) groups is 2. The second-order valence-electron chi connectivity index (χ2n) is 4.26. The largest absolute Gasteiger partial charge is 0.478 e. The summed E-state index contributed by atoms with van der Waals surface area (Å²) in [5.74, 6) is -1.10. The SMILES string of the molecule is CNc1ccc(C(=O)O)cc1N1CC(N)CC1=O. The first-order chi connectivity index (χ1) is 8.52. The standard InChI is InChI=1S/C12H15N3O3/c1-14-9-3-2-7(12(17)18)4-10(9)15-6-8(13)5-11(15)16/h2-4,8,14H,5-6,13H2,1H3,(H,17,18). The van der Waals surface area contributed by atoms with E-state index in [2.05, 4.69) is 5.32 Å². The van der Waals surface area contributed by atoms with Crippen LogP contribution in [0.5, 0.6) is 0 Å². The van der Waals surface area contributed by atoms with Gasteiger partial charge in [0, 0.05) is 26.1 Å². The van der Waals surface area contributed by atoms with E-state index in [0.717, 1.165) is 0 Å². The molecule has 1 aromatic rings. The van der Waals surface area contributed by atoms with Crippen molar-refractivity contribution in [3.63, 3.8) is 0 Å². The number of anilines is 2. The van der Waals surface area contributed by atoms with Gasteiger partial charge in [-0.15, -0.1) is 0 Å². The number of carboxylic acids is 1. The average molecular weight is 249 g/mol. The van der Waals surface area contributed by atoms with Crippen LogP contribution in [0.1, 0.15) is 16.8 Å². The summed E-state index contributed by atoms with van der Waals surface area (Å²) in [6.45, 7) is 0.413. The van der Waals surface area contributed by atoms with Gasteiger partial charge in [-0.05, 0) is 18.2 Å². The molecule has 1 aromatic carbocycles. The van der Waals surface area contributed by atoms with Crippen molar-refractivity contribution in [2.75, 3.05) is 23.8 Å². The Labute approximate surface area is 104 Å². The molecule has 6 nitrogen and oxygen atoms in total. The summed E-state index contributed by atoms with van der Waals surface area (Å²) in [6, 6.07) is 4.44. The van der Waals surface area contributed by atoms with Crippen molar-refractivity contribution in [2.45, 2.75) is 12.5 Å². The number of rotatable bonds is 3. The van der Waals surface area contributed by atoms with E-state index >= 15 is 0 Å². The summed E-state index contributed by atoms with van der Waals surface area (Å²) in [4.78, 5) is 24.3. The van der Waals surface area contributed by atoms with Gasteiger partial charge in [0.05, 0.1) is 16.9 Å². The van der Waals surface area contributed by atoms with E-state index in [4.69, 9.17) is 10.8 Å². The van der Waals surface area contributed by atoms with Crippen LogP contribution in [0.3, 0.4) is 0 Å². The molecule has 1 saturated heterocycles. The Morgan fingerprint density at radius 2 is 2.28 bits per heavy atom. The summed E-state index contributed by atoms with van der Waals surface area (Å²) >= 11 is 0. The molecule has 1 fully saturated rings. The fourth-order valence-corrected chi connectivity index (χ4v) is 2.07. The van der Waals surface area contributed by atoms with Gasteiger partial charge in [-0.1, -0.05) is 0 Å². The van der Waals surface area contributed by atoms with Gasteiger partial charge in [0.1, 0.15) is 0 Å². The lowest BCUT2D eigenvalue weighted by Gasteiger charge is -2.20. The minimum absolute atomic E-state index is 0.0819. The minimum Gasteiger partial charge on any atom is -0.478 e. The van der Waals surface area contributed by atoms with Gasteiger partial charge in [0.25, 0.3) is 0 Å². The van der Waals surface area contributed by atoms with Gasteiger partial charge in [-0.3, -0.25) is 4.79 Å². The van der Waals surface area contributed by atoms with Crippen molar-refractivity contribution < 1.29 is 14.7 Å². The predicted molar refractivity (Wildman–Crippen MR) is 67.9 cm³/mol. The number of carbonyl (C=O) groups excluding carboxylic acids is 1. The summed E-state index contributed by atoms with van der Waals surface area (Å²) in [5, 5.41) is 11.9. The van der Waals surface area contributed by atoms with Crippen LogP contribution < -0.4 is 16.0 Å². The maximum absolute atomic E-state index is 11.8. The molecule has 2 rings (SSSR count). The maximum atomic E-state index is 11.8. The molecule has 18 heavy (non-hydrogen) atoms. The third kappa shape index (κ3) is 2.14. The molecule has 1 unspecified atom stereocenters. The molecule has 6 heteroatoms. The average Bonchev–Trinajstić information content (AvgIpc) is 2.67. The zero-order valence-electron chi connectivity index (χ0n) is 10.0. The van der Waals surface area contributed by atoms with Crippen LogP contribution >= 0.6 is 0 Å². The fraction of sp³-hybridized carbons (Fsp3) is 0.333. The normalized spacial score (nSPS) is 19.1. The number of nitrogens with two attached hydrogens (primary N) is 1. The van der Waals surface area contributed by atoms with E-state index in [1.54, 1.807) is 13.1 Å². The summed E-state index contributed by atoms with van der Waals surface area (Å²) in [6.07, 6.45) is 0.292. The smallest absolute Gasteiger partial charge is 0.335 e. The van der Waals surface area contributed by atoms with E-state index in [9.17, 15) is 9.59 Å². The molecule has 1 aliphatic rings. The Morgan fingerprint density at radius 1 is 1.56 bits per heavy atom. The van der Waals surface area contributed by atoms with Crippen molar-refractivity contribution in [3.05, 3.63) is 23.8 Å². The molecule has 96 valence electrons. The highest BCUT2D eigenvalue weighted by atomic mass is 16.4. The predicted octanol–water partition coefficient (Wildman–Crippen LogP) is 0.491. The number of amides is 1. The Balaban J connectivity index is 2.44. The monoisotopic (exact) mass is 249 g/mol. The van der Waals surface area contributed by atoms with Crippen molar-refractivity contribution >= 4 is 23.3 Å². The van der Waals surface area contributed by atoms with Crippen molar-refractivity contribution in [3.8, 4) is 0 Å². The van der Waals surface area contributed by atoms with Crippen molar-refractivity contribution in [1.29, 1.82) is 0 Å². The van der Waals surface area contributed by atoms with Gasteiger partial charge in [-0.25, -0.2) is 4.79 Å². The third-order valence-electron chi connectivity index (χ3n) is 2.96. The van der Waals surface area contributed by atoms with Crippen LogP contribution in [-0.2, 0) is 4.79 Å². The summed E-state index contributed by atoms with van der Waals surface area (Å²) < 4.78 is 0. The molecule has 0 spiro atoms. The first-order valence-electron chi connectivity index (χ1n) is 5.64. The zero-order chi connectivity index (χ0) is 13.3. The number of hydrogen-bond donors (Lipinski definition) is 3. The van der Waals surface area contributed by atoms with Crippen LogP contribution in [0.15, 0.2) is 18.2 Å². The third-order valence-corrected chi connectivity index (χ3v) is 2.96. The fourth-order valence-electron chi connectivity index (χ4n) is 2.07. The second kappa shape index (κ2) is 4.66. The van der Waals surface area contributed by atoms with Crippen LogP contribution in [0.2, 0.25) is 0 Å². The number of nitrogens with zero attached hydrogens (tertiary/aromatic N) is 1. The van der Waals surface area contributed by atoms with Gasteiger partial charge >= 0.3 is 5.97 Å². The number of benzene rings is 1. The Morgan fingerprint density at radius 3 is 2.78 bits per heavy atom. The van der Waals surface area contributed by atoms with Gasteiger partial charge in [0.15, 0.2) is 0 Å². The van der Waals surface area contributed by atoms with E-state index in [0.29, 0.717) is 24.3 Å². The highest BCUT2D eigenvalue weighted by Crippen LogP contribution is 2.30. The van der Waals surface area contributed by atoms with Gasteiger partial charge in [-0.2, -0.15) is 0 Å². The minimum atomic E-state index is -1.02. The molecule has 0 aromatic heterocycles. The van der Waals surface area contributed by atoms with E-state index in [1.807, 2.05) is 0 Å². The number of nitrogens with one attached hydrogen (secondary N) is 1. The van der Waals surface area contributed by atoms with E-state index in [1.165, 1.54) is 17.0 Å². The lowest BCUT2D eigenvalue weighted by Crippen LogP contribution is -2.28. The first kappa shape index (κ1) is 12.4. The van der Waals surface area contributed by atoms with E-state index in [-0.39, 0.29) is 17.5 Å². The van der Waals surface area contributed by atoms with Gasteiger partial charge < -0.3 is 21.1 Å². The topological polar surface area (TPSA) is 95.7 Å². The summed E-state index contributed by atoms with van der Waals surface area (Å²) in [7, 11) is 1.72. The maximum Gasteiger partial charge on any atom is 0.335 e. The molecule has 0 bridgehead atoms. The highest BCUT2D eigenvalue weighted by molar-refractivity contribution is 6.01. The quantitative estimate of drug-likeness (QED) is 0.724. The zero-order valence-corrected chi connectivity index (χ0v) is 10.0. The Hall–Kier alpha value is -2.08. The molecule has 0 saturated carbocycles. The van der Waals surface area contributed by atoms with Crippen molar-refractivity contribution in [1.82, 2.24) is 0 Å². The molecule has 1 amide bonds. The molecule has 0 radical (unpaired) electrons. The second-order valence-corrected chi connectivity index (χ2v) is 4.26. The molecular weight excluding hydrogens is 234 g/mol. The Kier molecular flexibility index (Phi) is 3.20. The number of hydrogen-bond acceptors (Lipinski definition) is 4. The van der Waals surface area contributed by atoms with Crippen LogP contribution in [0, 0.1) is 0 Å². The van der Waals surface area contributed by atoms with E-state index < -0.39 is 5.97 Å². The van der Waals surface area contributed by atoms with Crippen LogP contribution in [0.4, 0.5) is 11.4 Å². The van der Waals surface area contributed by atoms with Crippen molar-refractivity contribution in [2.24, 2.45) is 5.73 Å². The molecule has 1 atom stereocenters. The molecule has 1 aliphatic heterocycles. The molecule has 4 N–H and O–H groups in total. The number of aromatic carboxylic acids is 1. The Bertz CT molecular complexity index is 501. The molecule has 1 heterocycles. The molecule has 0 aliphatic carbocycles.